The highest BCUT2D eigenvalue weighted by atomic mass is 16.5. The number of rotatable bonds is 3. The van der Waals surface area contributed by atoms with E-state index in [9.17, 15) is 4.79 Å². The molecule has 2 aliphatic rings. The fourth-order valence-corrected chi connectivity index (χ4v) is 2.67. The number of esters is 1. The van der Waals surface area contributed by atoms with E-state index in [-0.39, 0.29) is 5.97 Å². The number of nitrogens with one attached hydrogen (secondary N) is 1. The number of carbonyl (C=O) groups is 1. The van der Waals surface area contributed by atoms with Crippen LogP contribution in [0.1, 0.15) is 17.4 Å². The molecule has 5 nitrogen and oxygen atoms in total. The Kier molecular flexibility index (Phi) is 3.12. The van der Waals surface area contributed by atoms with E-state index >= 15 is 0 Å². The van der Waals surface area contributed by atoms with E-state index in [1.807, 2.05) is 36.4 Å². The summed E-state index contributed by atoms with van der Waals surface area (Å²) in [5.74, 6) is 1.17. The lowest BCUT2D eigenvalue weighted by atomic mass is 10.1. The van der Waals surface area contributed by atoms with Crippen molar-refractivity contribution in [1.82, 2.24) is 9.97 Å². The van der Waals surface area contributed by atoms with Crippen LogP contribution in [-0.4, -0.2) is 22.5 Å². The van der Waals surface area contributed by atoms with Crippen molar-refractivity contribution in [3.8, 4) is 22.6 Å². The number of nitrogens with zero attached hydrogens (tertiary/aromatic N) is 1. The van der Waals surface area contributed by atoms with Crippen LogP contribution in [0, 0.1) is 0 Å². The van der Waals surface area contributed by atoms with E-state index < -0.39 is 0 Å². The first-order chi connectivity index (χ1) is 11.3. The van der Waals surface area contributed by atoms with E-state index in [4.69, 9.17) is 9.15 Å². The second-order valence-corrected chi connectivity index (χ2v) is 5.17. The smallest absolute Gasteiger partial charge is 0.354 e. The first-order valence-electron chi connectivity index (χ1n) is 7.40. The molecule has 0 saturated carbocycles. The van der Waals surface area contributed by atoms with Crippen molar-refractivity contribution in [3.05, 3.63) is 54.4 Å². The van der Waals surface area contributed by atoms with Crippen molar-refractivity contribution < 1.29 is 13.9 Å². The van der Waals surface area contributed by atoms with Crippen LogP contribution in [0.2, 0.25) is 0 Å². The summed E-state index contributed by atoms with van der Waals surface area (Å²) in [7, 11) is 0. The Morgan fingerprint density at radius 1 is 1.22 bits per heavy atom. The molecule has 114 valence electrons. The second kappa shape index (κ2) is 5.28. The van der Waals surface area contributed by atoms with Crippen molar-refractivity contribution in [1.29, 1.82) is 0 Å². The third-order valence-corrected chi connectivity index (χ3v) is 3.73. The van der Waals surface area contributed by atoms with Gasteiger partial charge in [0.25, 0.3) is 0 Å². The molecular weight excluding hydrogens is 292 g/mol. The Bertz CT molecular complexity index is 967. The highest BCUT2D eigenvalue weighted by molar-refractivity contribution is 5.99. The number of fused-ring (bicyclic) bond motifs is 2. The summed E-state index contributed by atoms with van der Waals surface area (Å²) in [6.07, 6.45) is 1.69. The van der Waals surface area contributed by atoms with Gasteiger partial charge in [-0.1, -0.05) is 12.1 Å². The van der Waals surface area contributed by atoms with Gasteiger partial charge in [0.1, 0.15) is 22.9 Å². The molecule has 0 fully saturated rings. The maximum absolute atomic E-state index is 11.9. The Morgan fingerprint density at radius 2 is 2.13 bits per heavy atom. The molecule has 0 amide bonds. The zero-order valence-electron chi connectivity index (χ0n) is 12.5. The summed E-state index contributed by atoms with van der Waals surface area (Å²) in [5.41, 5.74) is 2.95. The van der Waals surface area contributed by atoms with Crippen molar-refractivity contribution >= 4 is 17.0 Å². The molecule has 0 aromatic carbocycles. The zero-order chi connectivity index (χ0) is 15.8. The van der Waals surface area contributed by atoms with Crippen molar-refractivity contribution in [3.63, 3.8) is 0 Å². The molecule has 0 spiro atoms. The topological polar surface area (TPSA) is 68.1 Å². The number of aromatic nitrogens is 2. The normalized spacial score (nSPS) is 11.2. The minimum Gasteiger partial charge on any atom is -0.461 e. The van der Waals surface area contributed by atoms with Crippen LogP contribution in [0.15, 0.2) is 53.1 Å². The summed E-state index contributed by atoms with van der Waals surface area (Å²) in [6, 6.07) is 13.4. The van der Waals surface area contributed by atoms with Crippen LogP contribution in [-0.2, 0) is 4.74 Å². The van der Waals surface area contributed by atoms with Crippen molar-refractivity contribution in [2.24, 2.45) is 0 Å². The van der Waals surface area contributed by atoms with Crippen LogP contribution in [0.5, 0.6) is 0 Å². The molecule has 2 aromatic heterocycles. The Hall–Kier alpha value is -3.08. The third-order valence-electron chi connectivity index (χ3n) is 3.73. The lowest BCUT2D eigenvalue weighted by Crippen LogP contribution is -2.04. The predicted molar refractivity (Wildman–Crippen MR) is 86.4 cm³/mol. The summed E-state index contributed by atoms with van der Waals surface area (Å²) >= 11 is 0. The van der Waals surface area contributed by atoms with Gasteiger partial charge in [-0.3, -0.25) is 0 Å². The molecule has 0 bridgehead atoms. The molecule has 0 radical (unpaired) electrons. The van der Waals surface area contributed by atoms with E-state index in [1.54, 1.807) is 19.2 Å². The van der Waals surface area contributed by atoms with Gasteiger partial charge in [0.05, 0.1) is 6.61 Å². The van der Waals surface area contributed by atoms with Crippen molar-refractivity contribution in [2.75, 3.05) is 6.61 Å². The molecule has 3 heterocycles. The molecule has 0 atom stereocenters. The first-order valence-corrected chi connectivity index (χ1v) is 7.40. The average molecular weight is 306 g/mol. The molecule has 1 aliphatic carbocycles. The molecule has 0 saturated heterocycles. The quantitative estimate of drug-likeness (QED) is 0.578. The molecule has 2 aromatic rings. The Labute approximate surface area is 132 Å². The Balaban J connectivity index is 1.86. The SMILES string of the molecule is CCOC(=O)c1cc2c(-c3ccc4cccc-4o3)ccnc2[nH]1. The highest BCUT2D eigenvalue weighted by Crippen LogP contribution is 2.33. The molecular formula is C18H14N2O3. The van der Waals surface area contributed by atoms with Gasteiger partial charge < -0.3 is 14.1 Å². The maximum atomic E-state index is 11.9. The van der Waals surface area contributed by atoms with Crippen molar-refractivity contribution in [2.45, 2.75) is 6.92 Å². The molecule has 4 rings (SSSR count). The number of carbonyl (C=O) groups excluding carboxylic acids is 1. The van der Waals surface area contributed by atoms with Gasteiger partial charge in [-0.05, 0) is 37.3 Å². The van der Waals surface area contributed by atoms with Crippen LogP contribution < -0.4 is 0 Å². The monoisotopic (exact) mass is 306 g/mol. The number of aromatic amines is 1. The second-order valence-electron chi connectivity index (χ2n) is 5.17. The number of hydrogen-bond acceptors (Lipinski definition) is 4. The summed E-state index contributed by atoms with van der Waals surface area (Å²) in [6.45, 7) is 2.11. The molecule has 1 N–H and O–H groups in total. The van der Waals surface area contributed by atoms with Gasteiger partial charge in [0.2, 0.25) is 0 Å². The standard InChI is InChI=1S/C18H14N2O3/c1-2-22-18(21)14-10-13-12(8-9-19-17(13)20-14)16-7-6-11-4-3-5-15(11)23-16/h3-10H,2H2,1H3,(H,19,20). The lowest BCUT2D eigenvalue weighted by molar-refractivity contribution is 0.0520. The fourth-order valence-electron chi connectivity index (χ4n) is 2.67. The van der Waals surface area contributed by atoms with E-state index in [0.29, 0.717) is 17.9 Å². The third kappa shape index (κ3) is 2.26. The number of ether oxygens (including phenoxy) is 1. The largest absolute Gasteiger partial charge is 0.461 e. The molecule has 0 unspecified atom stereocenters. The number of pyridine rings is 1. The van der Waals surface area contributed by atoms with Gasteiger partial charge in [0.15, 0.2) is 0 Å². The number of H-pyrrole nitrogens is 1. The van der Waals surface area contributed by atoms with Crippen LogP contribution in [0.3, 0.4) is 0 Å². The van der Waals surface area contributed by atoms with Gasteiger partial charge >= 0.3 is 5.97 Å². The average Bonchev–Trinajstić information content (AvgIpc) is 3.20. The summed E-state index contributed by atoms with van der Waals surface area (Å²) in [5, 5.41) is 0.824. The van der Waals surface area contributed by atoms with E-state index in [1.165, 1.54) is 0 Å². The van der Waals surface area contributed by atoms with Gasteiger partial charge in [-0.25, -0.2) is 9.78 Å². The lowest BCUT2D eigenvalue weighted by Gasteiger charge is -2.05. The molecule has 23 heavy (non-hydrogen) atoms. The van der Waals surface area contributed by atoms with Crippen LogP contribution in [0.25, 0.3) is 33.7 Å². The molecule has 1 aliphatic heterocycles. The molecule has 5 heteroatoms. The van der Waals surface area contributed by atoms with Gasteiger partial charge in [-0.2, -0.15) is 0 Å². The van der Waals surface area contributed by atoms with Crippen LogP contribution in [0.4, 0.5) is 0 Å². The maximum Gasteiger partial charge on any atom is 0.354 e. The zero-order valence-corrected chi connectivity index (χ0v) is 12.5. The predicted octanol–water partition coefficient (Wildman–Crippen LogP) is 4.10. The number of hydrogen-bond donors (Lipinski definition) is 1. The van der Waals surface area contributed by atoms with Crippen LogP contribution >= 0.6 is 0 Å². The summed E-state index contributed by atoms with van der Waals surface area (Å²) in [4.78, 5) is 19.2. The first kappa shape index (κ1) is 13.6. The summed E-state index contributed by atoms with van der Waals surface area (Å²) < 4.78 is 11.0. The fraction of sp³-hybridized carbons (Fsp3) is 0.111. The Morgan fingerprint density at radius 3 is 3.00 bits per heavy atom. The minimum absolute atomic E-state index is 0.331. The van der Waals surface area contributed by atoms with Gasteiger partial charge in [0, 0.05) is 22.7 Å². The highest BCUT2D eigenvalue weighted by Gasteiger charge is 2.16. The van der Waals surface area contributed by atoms with E-state index in [0.717, 1.165) is 28.0 Å². The van der Waals surface area contributed by atoms with E-state index in [2.05, 4.69) is 9.97 Å². The minimum atomic E-state index is -0.389. The van der Waals surface area contributed by atoms with Gasteiger partial charge in [-0.15, -0.1) is 0 Å².